The number of hydrogen-bond acceptors (Lipinski definition) is 3. The maximum absolute atomic E-state index is 11.8. The van der Waals surface area contributed by atoms with Gasteiger partial charge in [-0.2, -0.15) is 13.2 Å². The van der Waals surface area contributed by atoms with Gasteiger partial charge in [-0.15, -0.1) is 0 Å². The van der Waals surface area contributed by atoms with E-state index in [9.17, 15) is 18.0 Å². The first-order valence-electron chi connectivity index (χ1n) is 4.24. The van der Waals surface area contributed by atoms with Crippen molar-refractivity contribution >= 4 is 5.91 Å². The number of alkyl halides is 3. The van der Waals surface area contributed by atoms with E-state index in [-0.39, 0.29) is 13.2 Å². The van der Waals surface area contributed by atoms with Crippen molar-refractivity contribution in [3.63, 3.8) is 0 Å². The Morgan fingerprint density at radius 3 is 2.47 bits per heavy atom. The van der Waals surface area contributed by atoms with Crippen LogP contribution in [0.3, 0.4) is 0 Å². The lowest BCUT2D eigenvalue weighted by molar-refractivity contribution is -0.161. The number of halogens is 3. The average Bonchev–Trinajstić information content (AvgIpc) is 2.00. The van der Waals surface area contributed by atoms with Crippen molar-refractivity contribution in [2.45, 2.75) is 18.7 Å². The summed E-state index contributed by atoms with van der Waals surface area (Å²) in [5.74, 6) is -1.07. The molecule has 0 aromatic heterocycles. The summed E-state index contributed by atoms with van der Waals surface area (Å²) in [6.45, 7) is -0.202. The molecule has 15 heavy (non-hydrogen) atoms. The minimum absolute atomic E-state index is 0.0242. The van der Waals surface area contributed by atoms with Gasteiger partial charge in [0.1, 0.15) is 6.42 Å². The van der Waals surface area contributed by atoms with Crippen molar-refractivity contribution in [2.75, 3.05) is 27.3 Å². The zero-order valence-corrected chi connectivity index (χ0v) is 8.54. The molecule has 0 radical (unpaired) electrons. The van der Waals surface area contributed by atoms with E-state index in [0.717, 1.165) is 4.90 Å². The second kappa shape index (κ2) is 5.92. The number of methoxy groups -OCH3 is 1. The van der Waals surface area contributed by atoms with Crippen LogP contribution < -0.4 is 0 Å². The van der Waals surface area contributed by atoms with Crippen LogP contribution in [-0.4, -0.2) is 55.5 Å². The SMILES string of the molecule is COCC(O)CN(C)C(=O)CC(F)(F)F. The van der Waals surface area contributed by atoms with Crippen LogP contribution in [0.5, 0.6) is 0 Å². The molecule has 0 saturated carbocycles. The molecule has 0 aromatic rings. The van der Waals surface area contributed by atoms with Crippen LogP contribution in [0.2, 0.25) is 0 Å². The Bertz CT molecular complexity index is 208. The highest BCUT2D eigenvalue weighted by Crippen LogP contribution is 2.20. The number of amides is 1. The fraction of sp³-hybridized carbons (Fsp3) is 0.875. The standard InChI is InChI=1S/C8H14F3NO3/c1-12(4-6(13)5-15-2)7(14)3-8(9,10)11/h6,13H,3-5H2,1-2H3. The first-order valence-corrected chi connectivity index (χ1v) is 4.24. The lowest BCUT2D eigenvalue weighted by Crippen LogP contribution is -2.38. The van der Waals surface area contributed by atoms with Crippen LogP contribution in [0.15, 0.2) is 0 Å². The van der Waals surface area contributed by atoms with Gasteiger partial charge in [-0.05, 0) is 0 Å². The van der Waals surface area contributed by atoms with E-state index in [0.29, 0.717) is 0 Å². The summed E-state index contributed by atoms with van der Waals surface area (Å²) in [7, 11) is 2.55. The number of likely N-dealkylation sites (N-methyl/N-ethyl adjacent to an activating group) is 1. The number of rotatable bonds is 5. The van der Waals surface area contributed by atoms with E-state index in [2.05, 4.69) is 4.74 Å². The zero-order chi connectivity index (χ0) is 12.1. The monoisotopic (exact) mass is 229 g/mol. The number of aliphatic hydroxyl groups is 1. The molecule has 0 aliphatic rings. The van der Waals surface area contributed by atoms with Crippen molar-refractivity contribution in [1.29, 1.82) is 0 Å². The molecule has 0 spiro atoms. The molecule has 1 amide bonds. The molecule has 1 unspecified atom stereocenters. The molecule has 1 N–H and O–H groups in total. The molecule has 4 nitrogen and oxygen atoms in total. The van der Waals surface area contributed by atoms with Gasteiger partial charge in [-0.25, -0.2) is 0 Å². The maximum atomic E-state index is 11.8. The minimum Gasteiger partial charge on any atom is -0.389 e. The Hall–Kier alpha value is -0.820. The maximum Gasteiger partial charge on any atom is 0.397 e. The number of hydrogen-bond donors (Lipinski definition) is 1. The molecule has 0 aliphatic heterocycles. The van der Waals surface area contributed by atoms with Gasteiger partial charge in [0.2, 0.25) is 5.91 Å². The summed E-state index contributed by atoms with van der Waals surface area (Å²) in [4.78, 5) is 11.8. The van der Waals surface area contributed by atoms with Gasteiger partial charge >= 0.3 is 6.18 Å². The van der Waals surface area contributed by atoms with Crippen molar-refractivity contribution in [1.82, 2.24) is 4.90 Å². The summed E-state index contributed by atoms with van der Waals surface area (Å²) >= 11 is 0. The molecule has 90 valence electrons. The summed E-state index contributed by atoms with van der Waals surface area (Å²) in [6, 6.07) is 0. The van der Waals surface area contributed by atoms with E-state index >= 15 is 0 Å². The van der Waals surface area contributed by atoms with Gasteiger partial charge in [0.15, 0.2) is 0 Å². The van der Waals surface area contributed by atoms with Gasteiger partial charge in [0.25, 0.3) is 0 Å². The summed E-state index contributed by atoms with van der Waals surface area (Å²) in [6.07, 6.45) is -7.00. The van der Waals surface area contributed by atoms with Gasteiger partial charge in [-0.3, -0.25) is 4.79 Å². The van der Waals surface area contributed by atoms with Crippen LogP contribution in [0, 0.1) is 0 Å². The Labute approximate surface area is 85.6 Å². The lowest BCUT2D eigenvalue weighted by atomic mass is 10.3. The Morgan fingerprint density at radius 2 is 2.07 bits per heavy atom. The van der Waals surface area contributed by atoms with E-state index < -0.39 is 24.6 Å². The number of nitrogens with zero attached hydrogens (tertiary/aromatic N) is 1. The molecule has 0 rings (SSSR count). The molecule has 7 heteroatoms. The van der Waals surface area contributed by atoms with E-state index in [1.807, 2.05) is 0 Å². The number of carbonyl (C=O) groups is 1. The molecule has 0 fully saturated rings. The highest BCUT2D eigenvalue weighted by atomic mass is 19.4. The Morgan fingerprint density at radius 1 is 1.53 bits per heavy atom. The third-order valence-corrected chi connectivity index (χ3v) is 1.62. The van der Waals surface area contributed by atoms with Gasteiger partial charge in [0, 0.05) is 20.7 Å². The molecule has 1 atom stereocenters. The van der Waals surface area contributed by atoms with Crippen molar-refractivity contribution in [2.24, 2.45) is 0 Å². The fourth-order valence-electron chi connectivity index (χ4n) is 0.969. The van der Waals surface area contributed by atoms with E-state index in [1.54, 1.807) is 0 Å². The highest BCUT2D eigenvalue weighted by Gasteiger charge is 2.32. The average molecular weight is 229 g/mol. The quantitative estimate of drug-likeness (QED) is 0.742. The highest BCUT2D eigenvalue weighted by molar-refractivity contribution is 5.76. The lowest BCUT2D eigenvalue weighted by Gasteiger charge is -2.21. The number of carbonyl (C=O) groups excluding carboxylic acids is 1. The van der Waals surface area contributed by atoms with Crippen LogP contribution in [-0.2, 0) is 9.53 Å². The third kappa shape index (κ3) is 7.15. The Kier molecular flexibility index (Phi) is 5.59. The van der Waals surface area contributed by atoms with Gasteiger partial charge < -0.3 is 14.7 Å². The molecule has 0 heterocycles. The molecular weight excluding hydrogens is 215 g/mol. The minimum atomic E-state index is -4.52. The molecular formula is C8H14F3NO3. The van der Waals surface area contributed by atoms with E-state index in [1.165, 1.54) is 14.2 Å². The fourth-order valence-corrected chi connectivity index (χ4v) is 0.969. The second-order valence-electron chi connectivity index (χ2n) is 3.18. The second-order valence-corrected chi connectivity index (χ2v) is 3.18. The third-order valence-electron chi connectivity index (χ3n) is 1.62. The van der Waals surface area contributed by atoms with Gasteiger partial charge in [0.05, 0.1) is 12.7 Å². The van der Waals surface area contributed by atoms with Gasteiger partial charge in [-0.1, -0.05) is 0 Å². The van der Waals surface area contributed by atoms with E-state index in [4.69, 9.17) is 5.11 Å². The molecule has 0 bridgehead atoms. The Balaban J connectivity index is 3.99. The molecule has 0 aromatic carbocycles. The molecule has 0 aliphatic carbocycles. The molecule has 0 saturated heterocycles. The van der Waals surface area contributed by atoms with Crippen molar-refractivity contribution < 1.29 is 27.8 Å². The largest absolute Gasteiger partial charge is 0.397 e. The normalized spacial score (nSPS) is 13.7. The van der Waals surface area contributed by atoms with Crippen LogP contribution in [0.1, 0.15) is 6.42 Å². The smallest absolute Gasteiger partial charge is 0.389 e. The summed E-state index contributed by atoms with van der Waals surface area (Å²) < 4.78 is 40.0. The summed E-state index contributed by atoms with van der Waals surface area (Å²) in [5, 5.41) is 9.17. The zero-order valence-electron chi connectivity index (χ0n) is 8.54. The van der Waals surface area contributed by atoms with Crippen molar-refractivity contribution in [3.05, 3.63) is 0 Å². The first-order chi connectivity index (χ1) is 6.76. The summed E-state index contributed by atoms with van der Waals surface area (Å²) in [5.41, 5.74) is 0. The topological polar surface area (TPSA) is 49.8 Å². The van der Waals surface area contributed by atoms with Crippen LogP contribution in [0.25, 0.3) is 0 Å². The van der Waals surface area contributed by atoms with Crippen LogP contribution in [0.4, 0.5) is 13.2 Å². The number of ether oxygens (including phenoxy) is 1. The predicted molar refractivity (Wildman–Crippen MR) is 46.2 cm³/mol. The predicted octanol–water partition coefficient (Wildman–Crippen LogP) is 0.405. The van der Waals surface area contributed by atoms with Crippen LogP contribution >= 0.6 is 0 Å². The van der Waals surface area contributed by atoms with Crippen molar-refractivity contribution in [3.8, 4) is 0 Å². The number of aliphatic hydroxyl groups excluding tert-OH is 1. The first kappa shape index (κ1) is 14.2.